The zero-order chi connectivity index (χ0) is 13.1. The number of hydrogen-bond donors (Lipinski definition) is 1. The summed E-state index contributed by atoms with van der Waals surface area (Å²) in [6.07, 6.45) is 3.28. The monoisotopic (exact) mass is 268 g/mol. The maximum Gasteiger partial charge on any atom is 0.191 e. The molecule has 2 unspecified atom stereocenters. The van der Waals surface area contributed by atoms with Gasteiger partial charge in [-0.1, -0.05) is 11.8 Å². The average molecular weight is 268 g/mol. The highest BCUT2D eigenvalue weighted by molar-refractivity contribution is 7.98. The molecule has 0 spiro atoms. The summed E-state index contributed by atoms with van der Waals surface area (Å²) in [5.74, 6) is 1.80. The minimum absolute atomic E-state index is 0.251. The van der Waals surface area contributed by atoms with Gasteiger partial charge in [0, 0.05) is 26.8 Å². The van der Waals surface area contributed by atoms with Crippen LogP contribution in [0.25, 0.3) is 0 Å². The zero-order valence-corrected chi connectivity index (χ0v) is 12.1. The van der Waals surface area contributed by atoms with Crippen molar-refractivity contribution in [1.29, 1.82) is 0 Å². The molecule has 1 fully saturated rings. The van der Waals surface area contributed by atoms with Crippen LogP contribution >= 0.6 is 11.8 Å². The molecule has 0 saturated carbocycles. The van der Waals surface area contributed by atoms with Crippen LogP contribution < -0.4 is 10.2 Å². The van der Waals surface area contributed by atoms with Crippen molar-refractivity contribution in [2.75, 3.05) is 37.2 Å². The quantitative estimate of drug-likeness (QED) is 0.664. The molecule has 5 nitrogen and oxygen atoms in total. The topological polar surface area (TPSA) is 50.3 Å². The molecule has 1 aliphatic heterocycles. The van der Waals surface area contributed by atoms with Gasteiger partial charge < -0.3 is 15.0 Å². The molecule has 1 aromatic rings. The van der Waals surface area contributed by atoms with Crippen LogP contribution in [0, 0.1) is 0 Å². The lowest BCUT2D eigenvalue weighted by Crippen LogP contribution is -2.37. The van der Waals surface area contributed by atoms with E-state index in [1.165, 1.54) is 0 Å². The molecule has 2 rings (SSSR count). The number of hydrogen-bond acceptors (Lipinski definition) is 6. The van der Waals surface area contributed by atoms with Gasteiger partial charge in [-0.3, -0.25) is 0 Å². The van der Waals surface area contributed by atoms with Gasteiger partial charge in [-0.2, -0.15) is 0 Å². The summed E-state index contributed by atoms with van der Waals surface area (Å²) in [6, 6.07) is 2.37. The smallest absolute Gasteiger partial charge is 0.191 e. The van der Waals surface area contributed by atoms with Crippen molar-refractivity contribution in [3.63, 3.8) is 0 Å². The van der Waals surface area contributed by atoms with E-state index >= 15 is 0 Å². The number of nitrogens with zero attached hydrogens (tertiary/aromatic N) is 3. The molecule has 6 heteroatoms. The van der Waals surface area contributed by atoms with Crippen LogP contribution in [0.4, 0.5) is 11.6 Å². The number of likely N-dealkylation sites (N-methyl/N-ethyl adjacent to an activating group) is 1. The molecule has 1 aromatic heterocycles. The lowest BCUT2D eigenvalue weighted by molar-refractivity contribution is 0.118. The minimum atomic E-state index is 0.251. The number of thioether (sulfide) groups is 1. The fourth-order valence-electron chi connectivity index (χ4n) is 2.21. The Labute approximate surface area is 112 Å². The van der Waals surface area contributed by atoms with Gasteiger partial charge in [0.15, 0.2) is 5.16 Å². The Hall–Kier alpha value is -1.01. The van der Waals surface area contributed by atoms with Crippen LogP contribution in [0.1, 0.15) is 13.3 Å². The third-order valence-corrected chi connectivity index (χ3v) is 3.87. The van der Waals surface area contributed by atoms with Crippen LogP contribution in [-0.2, 0) is 4.74 Å². The molecule has 0 aliphatic carbocycles. The summed E-state index contributed by atoms with van der Waals surface area (Å²) in [5.41, 5.74) is 0. The van der Waals surface area contributed by atoms with Crippen molar-refractivity contribution in [1.82, 2.24) is 9.97 Å². The van der Waals surface area contributed by atoms with Crippen molar-refractivity contribution in [3.05, 3.63) is 6.07 Å². The summed E-state index contributed by atoms with van der Waals surface area (Å²) >= 11 is 1.55. The number of ether oxygens (including phenoxy) is 1. The third-order valence-electron chi connectivity index (χ3n) is 3.33. The van der Waals surface area contributed by atoms with Crippen molar-refractivity contribution in [3.8, 4) is 0 Å². The molecule has 1 saturated heterocycles. The standard InChI is InChI=1S/C12H20N4OS/c1-8-9(5-6-17-8)16(3)11-7-10(13-2)14-12(15-11)18-4/h7-9H,5-6H2,1-4H3,(H,13,14,15). The van der Waals surface area contributed by atoms with Gasteiger partial charge in [0.1, 0.15) is 11.6 Å². The van der Waals surface area contributed by atoms with E-state index in [4.69, 9.17) is 4.74 Å². The van der Waals surface area contributed by atoms with E-state index < -0.39 is 0 Å². The molecule has 1 N–H and O–H groups in total. The Morgan fingerprint density at radius 3 is 2.83 bits per heavy atom. The highest BCUT2D eigenvalue weighted by atomic mass is 32.2. The molecule has 0 amide bonds. The number of nitrogens with one attached hydrogen (secondary N) is 1. The molecule has 2 atom stereocenters. The lowest BCUT2D eigenvalue weighted by atomic mass is 10.1. The van der Waals surface area contributed by atoms with Crippen molar-refractivity contribution < 1.29 is 4.74 Å². The van der Waals surface area contributed by atoms with Gasteiger partial charge in [0.25, 0.3) is 0 Å². The molecule has 18 heavy (non-hydrogen) atoms. The lowest BCUT2D eigenvalue weighted by Gasteiger charge is -2.28. The molecule has 100 valence electrons. The van der Waals surface area contributed by atoms with E-state index in [1.54, 1.807) is 11.8 Å². The molecular weight excluding hydrogens is 248 g/mol. The highest BCUT2D eigenvalue weighted by Gasteiger charge is 2.29. The summed E-state index contributed by atoms with van der Waals surface area (Å²) in [7, 11) is 3.94. The number of rotatable bonds is 4. The summed E-state index contributed by atoms with van der Waals surface area (Å²) in [5, 5.41) is 3.86. The summed E-state index contributed by atoms with van der Waals surface area (Å²) in [6.45, 7) is 2.94. The first-order valence-corrected chi connectivity index (χ1v) is 7.33. The van der Waals surface area contributed by atoms with Crippen molar-refractivity contribution >= 4 is 23.4 Å². The third kappa shape index (κ3) is 2.70. The van der Waals surface area contributed by atoms with Crippen molar-refractivity contribution in [2.24, 2.45) is 0 Å². The Morgan fingerprint density at radius 1 is 1.50 bits per heavy atom. The van der Waals surface area contributed by atoms with Crippen molar-refractivity contribution in [2.45, 2.75) is 30.6 Å². The van der Waals surface area contributed by atoms with E-state index in [2.05, 4.69) is 34.2 Å². The fourth-order valence-corrected chi connectivity index (χ4v) is 2.59. The van der Waals surface area contributed by atoms with Gasteiger partial charge >= 0.3 is 0 Å². The second kappa shape index (κ2) is 5.75. The SMILES string of the molecule is CNc1cc(N(C)C2CCOC2C)nc(SC)n1. The Bertz CT molecular complexity index is 393. The summed E-state index contributed by atoms with van der Waals surface area (Å²) < 4.78 is 5.62. The second-order valence-electron chi connectivity index (χ2n) is 4.39. The van der Waals surface area contributed by atoms with E-state index in [0.717, 1.165) is 29.8 Å². The first-order chi connectivity index (χ1) is 8.65. The van der Waals surface area contributed by atoms with Crippen LogP contribution in [0.15, 0.2) is 11.2 Å². The number of aromatic nitrogens is 2. The maximum absolute atomic E-state index is 5.62. The van der Waals surface area contributed by atoms with Crippen LogP contribution in [0.5, 0.6) is 0 Å². The van der Waals surface area contributed by atoms with Crippen LogP contribution in [0.2, 0.25) is 0 Å². The Balaban J connectivity index is 2.25. The molecule has 1 aliphatic rings. The number of anilines is 2. The average Bonchev–Trinajstić information content (AvgIpc) is 2.83. The van der Waals surface area contributed by atoms with Crippen LogP contribution in [0.3, 0.4) is 0 Å². The van der Waals surface area contributed by atoms with Gasteiger partial charge in [-0.25, -0.2) is 9.97 Å². The van der Waals surface area contributed by atoms with E-state index in [-0.39, 0.29) is 6.10 Å². The first-order valence-electron chi connectivity index (χ1n) is 6.11. The Morgan fingerprint density at radius 2 is 2.28 bits per heavy atom. The van der Waals surface area contributed by atoms with Gasteiger partial charge in [-0.15, -0.1) is 0 Å². The summed E-state index contributed by atoms with van der Waals surface area (Å²) in [4.78, 5) is 11.1. The molecule has 0 aromatic carbocycles. The minimum Gasteiger partial charge on any atom is -0.376 e. The molecular formula is C12H20N4OS. The largest absolute Gasteiger partial charge is 0.376 e. The molecule has 0 radical (unpaired) electrons. The Kier molecular flexibility index (Phi) is 4.29. The van der Waals surface area contributed by atoms with Gasteiger partial charge in [-0.05, 0) is 19.6 Å². The maximum atomic E-state index is 5.62. The predicted octanol–water partition coefficient (Wildman–Crippen LogP) is 1.85. The highest BCUT2D eigenvalue weighted by Crippen LogP contribution is 2.25. The normalized spacial score (nSPS) is 23.1. The molecule has 2 heterocycles. The molecule has 0 bridgehead atoms. The zero-order valence-electron chi connectivity index (χ0n) is 11.3. The fraction of sp³-hybridized carbons (Fsp3) is 0.667. The van der Waals surface area contributed by atoms with E-state index in [0.29, 0.717) is 6.04 Å². The van der Waals surface area contributed by atoms with Gasteiger partial charge in [0.2, 0.25) is 0 Å². The van der Waals surface area contributed by atoms with Crippen LogP contribution in [-0.4, -0.2) is 49.1 Å². The van der Waals surface area contributed by atoms with E-state index in [9.17, 15) is 0 Å². The second-order valence-corrected chi connectivity index (χ2v) is 5.16. The van der Waals surface area contributed by atoms with E-state index in [1.807, 2.05) is 19.4 Å². The first kappa shape index (κ1) is 13.4. The van der Waals surface area contributed by atoms with Gasteiger partial charge in [0.05, 0.1) is 12.1 Å². The predicted molar refractivity (Wildman–Crippen MR) is 75.6 cm³/mol.